The van der Waals surface area contributed by atoms with Crippen LogP contribution in [-0.4, -0.2) is 24.8 Å². The first-order valence-corrected chi connectivity index (χ1v) is 7.45. The van der Waals surface area contributed by atoms with Gasteiger partial charge in [-0.05, 0) is 29.2 Å². The Morgan fingerprint density at radius 2 is 1.67 bits per heavy atom. The van der Waals surface area contributed by atoms with Crippen molar-refractivity contribution >= 4 is 0 Å². The molecule has 0 radical (unpaired) electrons. The van der Waals surface area contributed by atoms with Crippen LogP contribution >= 0.6 is 0 Å². The largest absolute Gasteiger partial charge is 0.389 e. The molecule has 1 fully saturated rings. The second-order valence-corrected chi connectivity index (χ2v) is 5.48. The monoisotopic (exact) mass is 283 g/mol. The van der Waals surface area contributed by atoms with Gasteiger partial charge in [-0.15, -0.1) is 0 Å². The lowest BCUT2D eigenvalue weighted by atomic mass is 9.99. The first-order valence-electron chi connectivity index (χ1n) is 7.45. The quantitative estimate of drug-likeness (QED) is 0.909. The molecule has 3 rings (SSSR count). The molecular formula is C18H21NO2. The molecule has 1 heterocycles. The third kappa shape index (κ3) is 3.32. The first kappa shape index (κ1) is 14.3. The van der Waals surface area contributed by atoms with Crippen molar-refractivity contribution < 1.29 is 9.84 Å². The van der Waals surface area contributed by atoms with E-state index in [1.165, 1.54) is 11.1 Å². The Balaban J connectivity index is 1.76. The predicted octanol–water partition coefficient (Wildman–Crippen LogP) is 3.07. The number of ether oxygens (including phenoxy) is 1. The van der Waals surface area contributed by atoms with Crippen LogP contribution in [0.3, 0.4) is 0 Å². The van der Waals surface area contributed by atoms with Gasteiger partial charge in [-0.25, -0.2) is 0 Å². The van der Waals surface area contributed by atoms with Gasteiger partial charge in [-0.1, -0.05) is 48.5 Å². The Labute approximate surface area is 125 Å². The Bertz CT molecular complexity index is 569. The molecule has 3 heteroatoms. The van der Waals surface area contributed by atoms with Gasteiger partial charge in [0.2, 0.25) is 0 Å². The molecule has 2 N–H and O–H groups in total. The van der Waals surface area contributed by atoms with E-state index >= 15 is 0 Å². The van der Waals surface area contributed by atoms with Crippen LogP contribution in [0.4, 0.5) is 0 Å². The summed E-state index contributed by atoms with van der Waals surface area (Å²) in [7, 11) is 0. The van der Waals surface area contributed by atoms with Gasteiger partial charge in [-0.2, -0.15) is 0 Å². The molecule has 21 heavy (non-hydrogen) atoms. The fourth-order valence-electron chi connectivity index (χ4n) is 2.62. The molecule has 110 valence electrons. The van der Waals surface area contributed by atoms with Crippen LogP contribution in [0.2, 0.25) is 0 Å². The van der Waals surface area contributed by atoms with Crippen LogP contribution in [0.1, 0.15) is 30.3 Å². The Hall–Kier alpha value is -1.68. The Kier molecular flexibility index (Phi) is 4.34. The van der Waals surface area contributed by atoms with Gasteiger partial charge < -0.3 is 15.2 Å². The minimum atomic E-state index is -0.419. The summed E-state index contributed by atoms with van der Waals surface area (Å²) in [6, 6.07) is 16.6. The van der Waals surface area contributed by atoms with E-state index in [-0.39, 0.29) is 6.10 Å². The summed E-state index contributed by atoms with van der Waals surface area (Å²) in [5.41, 5.74) is 4.50. The topological polar surface area (TPSA) is 41.5 Å². The number of benzene rings is 2. The van der Waals surface area contributed by atoms with Gasteiger partial charge in [0.15, 0.2) is 0 Å². The molecule has 2 atom stereocenters. The van der Waals surface area contributed by atoms with Crippen LogP contribution < -0.4 is 5.32 Å². The highest BCUT2D eigenvalue weighted by molar-refractivity contribution is 5.64. The van der Waals surface area contributed by atoms with E-state index < -0.39 is 6.10 Å². The van der Waals surface area contributed by atoms with Crippen molar-refractivity contribution in [1.82, 2.24) is 5.32 Å². The maximum Gasteiger partial charge on any atom is 0.0949 e. The lowest BCUT2D eigenvalue weighted by Gasteiger charge is -2.24. The molecule has 0 saturated carbocycles. The number of hydrogen-bond donors (Lipinski definition) is 2. The number of hydrogen-bond acceptors (Lipinski definition) is 3. The Morgan fingerprint density at radius 3 is 2.19 bits per heavy atom. The minimum absolute atomic E-state index is 0.158. The molecule has 0 amide bonds. The molecule has 0 spiro atoms. The molecule has 3 nitrogen and oxygen atoms in total. The van der Waals surface area contributed by atoms with Crippen LogP contribution in [0.25, 0.3) is 11.1 Å². The Morgan fingerprint density at radius 1 is 1.05 bits per heavy atom. The lowest BCUT2D eigenvalue weighted by Crippen LogP contribution is -2.33. The molecular weight excluding hydrogens is 262 g/mol. The predicted molar refractivity (Wildman–Crippen MR) is 84.1 cm³/mol. The molecule has 2 aromatic carbocycles. The number of aliphatic hydroxyl groups excluding tert-OH is 1. The van der Waals surface area contributed by atoms with E-state index in [0.717, 1.165) is 30.8 Å². The summed E-state index contributed by atoms with van der Waals surface area (Å²) in [6.45, 7) is 4.36. The normalized spacial score (nSPS) is 20.2. The summed E-state index contributed by atoms with van der Waals surface area (Å²) in [5, 5.41) is 12.9. The highest BCUT2D eigenvalue weighted by atomic mass is 16.5. The minimum Gasteiger partial charge on any atom is -0.389 e. The van der Waals surface area contributed by atoms with Gasteiger partial charge >= 0.3 is 0 Å². The van der Waals surface area contributed by atoms with Crippen molar-refractivity contribution in [3.05, 3.63) is 59.7 Å². The number of aliphatic hydroxyl groups is 1. The standard InChI is InChI=1S/C18H21NO2/c1-13(20)14-2-4-15(5-3-14)16-6-8-17(9-7-16)18-12-19-10-11-21-18/h2-9,13,18-20H,10-12H2,1H3/t13?,18-/m0/s1. The number of morpholine rings is 1. The van der Waals surface area contributed by atoms with Gasteiger partial charge in [0.05, 0.1) is 18.8 Å². The van der Waals surface area contributed by atoms with Crippen molar-refractivity contribution in [2.75, 3.05) is 19.7 Å². The van der Waals surface area contributed by atoms with E-state index in [4.69, 9.17) is 4.74 Å². The second-order valence-electron chi connectivity index (χ2n) is 5.48. The summed E-state index contributed by atoms with van der Waals surface area (Å²) >= 11 is 0. The molecule has 0 aliphatic carbocycles. The fourth-order valence-corrected chi connectivity index (χ4v) is 2.62. The number of rotatable bonds is 3. The molecule has 1 saturated heterocycles. The zero-order chi connectivity index (χ0) is 14.7. The molecule has 0 aromatic heterocycles. The SMILES string of the molecule is CC(O)c1ccc(-c2ccc([C@@H]3CNCCO3)cc2)cc1. The molecule has 0 bridgehead atoms. The van der Waals surface area contributed by atoms with Crippen molar-refractivity contribution in [1.29, 1.82) is 0 Å². The molecule has 1 aliphatic rings. The van der Waals surface area contributed by atoms with Crippen molar-refractivity contribution in [2.45, 2.75) is 19.1 Å². The highest BCUT2D eigenvalue weighted by Gasteiger charge is 2.15. The second kappa shape index (κ2) is 6.39. The summed E-state index contributed by atoms with van der Waals surface area (Å²) in [5.74, 6) is 0. The third-order valence-electron chi connectivity index (χ3n) is 3.94. The highest BCUT2D eigenvalue weighted by Crippen LogP contribution is 2.25. The lowest BCUT2D eigenvalue weighted by molar-refractivity contribution is 0.0277. The van der Waals surface area contributed by atoms with Crippen LogP contribution in [0.15, 0.2) is 48.5 Å². The molecule has 2 aromatic rings. The van der Waals surface area contributed by atoms with Gasteiger partial charge in [-0.3, -0.25) is 0 Å². The van der Waals surface area contributed by atoms with Crippen LogP contribution in [0.5, 0.6) is 0 Å². The zero-order valence-corrected chi connectivity index (χ0v) is 12.3. The van der Waals surface area contributed by atoms with E-state index in [9.17, 15) is 5.11 Å². The first-order chi connectivity index (χ1) is 10.2. The molecule has 1 aliphatic heterocycles. The van der Waals surface area contributed by atoms with Crippen LogP contribution in [0, 0.1) is 0 Å². The summed E-state index contributed by atoms with van der Waals surface area (Å²) in [6.07, 6.45) is -0.261. The van der Waals surface area contributed by atoms with Crippen molar-refractivity contribution in [2.24, 2.45) is 0 Å². The van der Waals surface area contributed by atoms with Gasteiger partial charge in [0, 0.05) is 13.1 Å². The van der Waals surface area contributed by atoms with E-state index in [0.29, 0.717) is 0 Å². The maximum absolute atomic E-state index is 9.55. The zero-order valence-electron chi connectivity index (χ0n) is 12.3. The van der Waals surface area contributed by atoms with E-state index in [1.807, 2.05) is 12.1 Å². The van der Waals surface area contributed by atoms with Crippen molar-refractivity contribution in [3.63, 3.8) is 0 Å². The van der Waals surface area contributed by atoms with Gasteiger partial charge in [0.25, 0.3) is 0 Å². The summed E-state index contributed by atoms with van der Waals surface area (Å²) in [4.78, 5) is 0. The summed E-state index contributed by atoms with van der Waals surface area (Å²) < 4.78 is 5.76. The van der Waals surface area contributed by atoms with E-state index in [2.05, 4.69) is 41.7 Å². The van der Waals surface area contributed by atoms with Crippen LogP contribution in [-0.2, 0) is 4.74 Å². The third-order valence-corrected chi connectivity index (χ3v) is 3.94. The van der Waals surface area contributed by atoms with E-state index in [1.54, 1.807) is 6.92 Å². The van der Waals surface area contributed by atoms with Crippen molar-refractivity contribution in [3.8, 4) is 11.1 Å². The maximum atomic E-state index is 9.55. The average molecular weight is 283 g/mol. The average Bonchev–Trinajstić information content (AvgIpc) is 2.56. The molecule has 1 unspecified atom stereocenters. The fraction of sp³-hybridized carbons (Fsp3) is 0.333. The number of nitrogens with one attached hydrogen (secondary N) is 1. The van der Waals surface area contributed by atoms with Gasteiger partial charge in [0.1, 0.15) is 0 Å². The smallest absolute Gasteiger partial charge is 0.0949 e.